The maximum atomic E-state index is 13.3. The van der Waals surface area contributed by atoms with Gasteiger partial charge in [0.05, 0.1) is 4.34 Å². The van der Waals surface area contributed by atoms with Crippen LogP contribution in [-0.2, 0) is 16.4 Å². The second kappa shape index (κ2) is 6.00. The highest BCUT2D eigenvalue weighted by atomic mass is 35.5. The standard InChI is InChI=1S/C14H12ClFN2O2S2/c15-13-3-4-14(21-13)22(19,20)18-6-5-9-8-17-12-2-1-10(16)7-11(9)12/h1-4,7-8,17-18H,5-6H2. The molecule has 1 aromatic carbocycles. The van der Waals surface area contributed by atoms with E-state index in [1.807, 2.05) is 0 Å². The quantitative estimate of drug-likeness (QED) is 0.732. The number of rotatable bonds is 5. The molecule has 0 radical (unpaired) electrons. The molecular weight excluding hydrogens is 347 g/mol. The van der Waals surface area contributed by atoms with Crippen LogP contribution in [0.15, 0.2) is 40.7 Å². The van der Waals surface area contributed by atoms with Gasteiger partial charge in [-0.25, -0.2) is 17.5 Å². The lowest BCUT2D eigenvalue weighted by molar-refractivity contribution is 0.584. The number of benzene rings is 1. The summed E-state index contributed by atoms with van der Waals surface area (Å²) >= 11 is 6.75. The Hall–Kier alpha value is -1.41. The van der Waals surface area contributed by atoms with Crippen molar-refractivity contribution in [3.05, 3.63) is 52.2 Å². The molecule has 3 aromatic rings. The fourth-order valence-corrected chi connectivity index (χ4v) is 4.75. The van der Waals surface area contributed by atoms with Crippen molar-refractivity contribution in [2.24, 2.45) is 0 Å². The molecular formula is C14H12ClFN2O2S2. The van der Waals surface area contributed by atoms with Crippen LogP contribution < -0.4 is 4.72 Å². The number of hydrogen-bond acceptors (Lipinski definition) is 3. The highest BCUT2D eigenvalue weighted by Crippen LogP contribution is 2.25. The highest BCUT2D eigenvalue weighted by Gasteiger charge is 2.16. The summed E-state index contributed by atoms with van der Waals surface area (Å²) in [6.45, 7) is 0.224. The van der Waals surface area contributed by atoms with Crippen LogP contribution in [0.25, 0.3) is 10.9 Å². The van der Waals surface area contributed by atoms with Crippen molar-refractivity contribution >= 4 is 43.9 Å². The number of sulfonamides is 1. The third-order valence-corrected chi connectivity index (χ3v) is 6.41. The molecule has 22 heavy (non-hydrogen) atoms. The third-order valence-electron chi connectivity index (χ3n) is 3.23. The van der Waals surface area contributed by atoms with E-state index in [1.54, 1.807) is 18.3 Å². The van der Waals surface area contributed by atoms with Crippen molar-refractivity contribution in [3.63, 3.8) is 0 Å². The Morgan fingerprint density at radius 3 is 2.82 bits per heavy atom. The van der Waals surface area contributed by atoms with Gasteiger partial charge in [-0.3, -0.25) is 0 Å². The Morgan fingerprint density at radius 1 is 1.27 bits per heavy atom. The molecule has 0 aliphatic heterocycles. The first-order valence-corrected chi connectivity index (χ1v) is 9.14. The summed E-state index contributed by atoms with van der Waals surface area (Å²) in [4.78, 5) is 3.04. The molecule has 0 aliphatic rings. The molecule has 2 N–H and O–H groups in total. The third kappa shape index (κ3) is 3.17. The summed E-state index contributed by atoms with van der Waals surface area (Å²) < 4.78 is 40.6. The van der Waals surface area contributed by atoms with E-state index >= 15 is 0 Å². The molecule has 0 saturated carbocycles. The molecule has 4 nitrogen and oxygen atoms in total. The fourth-order valence-electron chi connectivity index (χ4n) is 2.19. The van der Waals surface area contributed by atoms with E-state index in [9.17, 15) is 12.8 Å². The Labute approximate surface area is 136 Å². The second-order valence-electron chi connectivity index (χ2n) is 4.71. The van der Waals surface area contributed by atoms with Crippen LogP contribution >= 0.6 is 22.9 Å². The summed E-state index contributed by atoms with van der Waals surface area (Å²) in [6.07, 6.45) is 2.22. The minimum atomic E-state index is -3.55. The van der Waals surface area contributed by atoms with E-state index < -0.39 is 10.0 Å². The van der Waals surface area contributed by atoms with Crippen molar-refractivity contribution in [2.75, 3.05) is 6.54 Å². The van der Waals surface area contributed by atoms with Gasteiger partial charge in [0.25, 0.3) is 0 Å². The van der Waals surface area contributed by atoms with Gasteiger partial charge < -0.3 is 4.98 Å². The normalized spacial score (nSPS) is 12.1. The molecule has 0 atom stereocenters. The molecule has 0 amide bonds. The number of aromatic nitrogens is 1. The van der Waals surface area contributed by atoms with Crippen LogP contribution in [-0.4, -0.2) is 19.9 Å². The van der Waals surface area contributed by atoms with Gasteiger partial charge in [0.2, 0.25) is 10.0 Å². The number of thiophene rings is 1. The lowest BCUT2D eigenvalue weighted by Gasteiger charge is -2.04. The molecule has 2 heterocycles. The summed E-state index contributed by atoms with van der Waals surface area (Å²) in [5.74, 6) is -0.317. The number of nitrogens with one attached hydrogen (secondary N) is 2. The largest absolute Gasteiger partial charge is 0.361 e. The molecule has 3 rings (SSSR count). The van der Waals surface area contributed by atoms with Gasteiger partial charge in [-0.05, 0) is 42.3 Å². The summed E-state index contributed by atoms with van der Waals surface area (Å²) in [7, 11) is -3.55. The van der Waals surface area contributed by atoms with Gasteiger partial charge >= 0.3 is 0 Å². The zero-order chi connectivity index (χ0) is 15.7. The lowest BCUT2D eigenvalue weighted by atomic mass is 10.1. The summed E-state index contributed by atoms with van der Waals surface area (Å²) in [6, 6.07) is 7.49. The van der Waals surface area contributed by atoms with Crippen molar-refractivity contribution in [2.45, 2.75) is 10.6 Å². The number of hydrogen-bond donors (Lipinski definition) is 2. The van der Waals surface area contributed by atoms with Gasteiger partial charge in [0.1, 0.15) is 10.0 Å². The van der Waals surface area contributed by atoms with Crippen molar-refractivity contribution in [1.82, 2.24) is 9.71 Å². The zero-order valence-electron chi connectivity index (χ0n) is 11.3. The number of aromatic amines is 1. The summed E-state index contributed by atoms with van der Waals surface area (Å²) in [5.41, 5.74) is 1.69. The van der Waals surface area contributed by atoms with E-state index in [4.69, 9.17) is 11.6 Å². The van der Waals surface area contributed by atoms with Crippen molar-refractivity contribution < 1.29 is 12.8 Å². The van der Waals surface area contributed by atoms with E-state index in [-0.39, 0.29) is 16.6 Å². The molecule has 0 unspecified atom stereocenters. The minimum Gasteiger partial charge on any atom is -0.361 e. The highest BCUT2D eigenvalue weighted by molar-refractivity contribution is 7.91. The molecule has 8 heteroatoms. The predicted molar refractivity (Wildman–Crippen MR) is 86.5 cm³/mol. The predicted octanol–water partition coefficient (Wildman–Crippen LogP) is 3.54. The SMILES string of the molecule is O=S(=O)(NCCc1c[nH]c2ccc(F)cc12)c1ccc(Cl)s1. The maximum Gasteiger partial charge on any atom is 0.250 e. The molecule has 0 aliphatic carbocycles. The van der Waals surface area contributed by atoms with Crippen LogP contribution in [0.1, 0.15) is 5.56 Å². The molecule has 0 spiro atoms. The van der Waals surface area contributed by atoms with E-state index in [0.717, 1.165) is 27.8 Å². The Morgan fingerprint density at radius 2 is 2.09 bits per heavy atom. The van der Waals surface area contributed by atoms with Crippen molar-refractivity contribution in [3.8, 4) is 0 Å². The fraction of sp³-hybridized carbons (Fsp3) is 0.143. The van der Waals surface area contributed by atoms with Gasteiger partial charge in [-0.2, -0.15) is 0 Å². The number of fused-ring (bicyclic) bond motifs is 1. The van der Waals surface area contributed by atoms with Crippen LogP contribution in [0.4, 0.5) is 4.39 Å². The first-order chi connectivity index (χ1) is 10.5. The zero-order valence-corrected chi connectivity index (χ0v) is 13.7. The molecule has 0 fully saturated rings. The minimum absolute atomic E-state index is 0.183. The number of halogens is 2. The van der Waals surface area contributed by atoms with Gasteiger partial charge in [0, 0.05) is 23.6 Å². The first kappa shape index (κ1) is 15.5. The van der Waals surface area contributed by atoms with Crippen molar-refractivity contribution in [1.29, 1.82) is 0 Å². The Kier molecular flexibility index (Phi) is 4.22. The van der Waals surface area contributed by atoms with E-state index in [0.29, 0.717) is 10.8 Å². The van der Waals surface area contributed by atoms with E-state index in [1.165, 1.54) is 18.2 Å². The molecule has 0 bridgehead atoms. The topological polar surface area (TPSA) is 62.0 Å². The molecule has 0 saturated heterocycles. The van der Waals surface area contributed by atoms with Gasteiger partial charge in [-0.1, -0.05) is 11.6 Å². The van der Waals surface area contributed by atoms with Gasteiger partial charge in [0.15, 0.2) is 0 Å². The maximum absolute atomic E-state index is 13.3. The average Bonchev–Trinajstić information content (AvgIpc) is 3.06. The van der Waals surface area contributed by atoms with Crippen LogP contribution in [0.2, 0.25) is 4.34 Å². The van der Waals surface area contributed by atoms with Crippen LogP contribution in [0.3, 0.4) is 0 Å². The Balaban J connectivity index is 1.71. The lowest BCUT2D eigenvalue weighted by Crippen LogP contribution is -2.25. The van der Waals surface area contributed by atoms with Crippen LogP contribution in [0, 0.1) is 5.82 Å². The van der Waals surface area contributed by atoms with Gasteiger partial charge in [-0.15, -0.1) is 11.3 Å². The second-order valence-corrected chi connectivity index (χ2v) is 8.42. The molecule has 116 valence electrons. The monoisotopic (exact) mass is 358 g/mol. The molecule has 2 aromatic heterocycles. The van der Waals surface area contributed by atoms with E-state index in [2.05, 4.69) is 9.71 Å². The summed E-state index contributed by atoms with van der Waals surface area (Å²) in [5, 5.41) is 0.762. The average molecular weight is 359 g/mol. The first-order valence-electron chi connectivity index (χ1n) is 6.46. The Bertz CT molecular complexity index is 918. The number of H-pyrrole nitrogens is 1. The smallest absolute Gasteiger partial charge is 0.250 e. The van der Waals surface area contributed by atoms with Crippen LogP contribution in [0.5, 0.6) is 0 Å².